The number of hydrogen-bond acceptors (Lipinski definition) is 3. The van der Waals surface area contributed by atoms with E-state index in [1.807, 2.05) is 6.07 Å². The number of halogens is 1. The highest BCUT2D eigenvalue weighted by molar-refractivity contribution is 6.01. The molecule has 1 N–H and O–H groups in total. The van der Waals surface area contributed by atoms with Crippen molar-refractivity contribution in [3.8, 4) is 11.8 Å². The number of rotatable bonds is 6. The van der Waals surface area contributed by atoms with E-state index < -0.39 is 0 Å². The number of nitriles is 1. The first-order chi connectivity index (χ1) is 13.6. The predicted molar refractivity (Wildman–Crippen MR) is 106 cm³/mol. The molecule has 0 saturated heterocycles. The number of benzene rings is 2. The van der Waals surface area contributed by atoms with Crippen LogP contribution in [0.3, 0.4) is 0 Å². The number of carbonyl (C=O) groups excluding carboxylic acids is 1. The molecular formula is C23H23FN2O2. The number of ether oxygens (including phenoxy) is 1. The third-order valence-electron chi connectivity index (χ3n) is 4.82. The number of nitrogens with one attached hydrogen (secondary N) is 1. The van der Waals surface area contributed by atoms with Crippen LogP contribution in [0.25, 0.3) is 6.08 Å². The Hall–Kier alpha value is -3.13. The smallest absolute Gasteiger partial charge is 0.262 e. The fourth-order valence-corrected chi connectivity index (χ4v) is 3.23. The van der Waals surface area contributed by atoms with Crippen LogP contribution in [0, 0.1) is 17.1 Å². The molecule has 4 nitrogen and oxygen atoms in total. The van der Waals surface area contributed by atoms with E-state index in [1.54, 1.807) is 42.5 Å². The first-order valence-corrected chi connectivity index (χ1v) is 9.54. The molecule has 0 aliphatic heterocycles. The second-order valence-electron chi connectivity index (χ2n) is 6.96. The molecule has 1 aliphatic rings. The summed E-state index contributed by atoms with van der Waals surface area (Å²) in [6.07, 6.45) is 6.99. The molecule has 0 unspecified atom stereocenters. The van der Waals surface area contributed by atoms with Gasteiger partial charge in [-0.3, -0.25) is 4.79 Å². The van der Waals surface area contributed by atoms with Crippen molar-refractivity contribution in [1.82, 2.24) is 5.32 Å². The van der Waals surface area contributed by atoms with Crippen molar-refractivity contribution in [3.63, 3.8) is 0 Å². The molecule has 1 amide bonds. The Morgan fingerprint density at radius 3 is 2.43 bits per heavy atom. The fourth-order valence-electron chi connectivity index (χ4n) is 3.23. The van der Waals surface area contributed by atoms with Gasteiger partial charge in [-0.1, -0.05) is 43.5 Å². The Kier molecular flexibility index (Phi) is 6.80. The minimum absolute atomic E-state index is 0.102. The lowest BCUT2D eigenvalue weighted by Gasteiger charge is -2.22. The quantitative estimate of drug-likeness (QED) is 0.582. The highest BCUT2D eigenvalue weighted by Crippen LogP contribution is 2.19. The zero-order valence-electron chi connectivity index (χ0n) is 15.7. The van der Waals surface area contributed by atoms with E-state index in [9.17, 15) is 14.4 Å². The summed E-state index contributed by atoms with van der Waals surface area (Å²) < 4.78 is 18.6. The summed E-state index contributed by atoms with van der Waals surface area (Å²) >= 11 is 0. The van der Waals surface area contributed by atoms with Gasteiger partial charge in [-0.25, -0.2) is 4.39 Å². The number of nitrogens with zero attached hydrogens (tertiary/aromatic N) is 1. The molecule has 2 aromatic carbocycles. The Bertz CT molecular complexity index is 861. The van der Waals surface area contributed by atoms with Gasteiger partial charge in [-0.05, 0) is 54.3 Å². The molecule has 28 heavy (non-hydrogen) atoms. The molecule has 0 heterocycles. The molecule has 1 aliphatic carbocycles. The van der Waals surface area contributed by atoms with Crippen LogP contribution in [0.15, 0.2) is 54.1 Å². The summed E-state index contributed by atoms with van der Waals surface area (Å²) in [7, 11) is 0. The largest absolute Gasteiger partial charge is 0.489 e. The van der Waals surface area contributed by atoms with E-state index in [-0.39, 0.29) is 23.3 Å². The van der Waals surface area contributed by atoms with Gasteiger partial charge in [0, 0.05) is 6.04 Å². The van der Waals surface area contributed by atoms with Crippen LogP contribution in [0.1, 0.15) is 43.2 Å². The summed E-state index contributed by atoms with van der Waals surface area (Å²) in [6, 6.07) is 15.5. The van der Waals surface area contributed by atoms with Crippen LogP contribution in [0.2, 0.25) is 0 Å². The van der Waals surface area contributed by atoms with Crippen molar-refractivity contribution in [2.75, 3.05) is 0 Å². The second kappa shape index (κ2) is 9.70. The first kappa shape index (κ1) is 19.6. The third kappa shape index (κ3) is 5.68. The molecule has 0 aromatic heterocycles. The van der Waals surface area contributed by atoms with Crippen LogP contribution >= 0.6 is 0 Å². The van der Waals surface area contributed by atoms with Crippen molar-refractivity contribution >= 4 is 12.0 Å². The minimum atomic E-state index is -0.314. The Morgan fingerprint density at radius 1 is 1.11 bits per heavy atom. The van der Waals surface area contributed by atoms with E-state index in [2.05, 4.69) is 5.32 Å². The number of carbonyl (C=O) groups is 1. The monoisotopic (exact) mass is 378 g/mol. The normalized spacial score (nSPS) is 14.9. The summed E-state index contributed by atoms with van der Waals surface area (Å²) in [4.78, 5) is 12.3. The Balaban J connectivity index is 1.58. The van der Waals surface area contributed by atoms with Crippen LogP contribution in [-0.2, 0) is 11.4 Å². The Morgan fingerprint density at radius 2 is 1.79 bits per heavy atom. The molecule has 0 radical (unpaired) electrons. The standard InChI is InChI=1S/C23H23FN2O2/c24-20-10-6-18(7-11-20)16-28-22-12-8-17(9-13-22)14-19(15-25)23(27)26-21-4-2-1-3-5-21/h6-14,21H,1-5,16H2,(H,26,27)/b19-14+. The lowest BCUT2D eigenvalue weighted by molar-refractivity contribution is -0.117. The van der Waals surface area contributed by atoms with E-state index in [0.29, 0.717) is 12.4 Å². The maximum atomic E-state index is 12.9. The molecule has 0 atom stereocenters. The topological polar surface area (TPSA) is 62.1 Å². The van der Waals surface area contributed by atoms with Crippen molar-refractivity contribution < 1.29 is 13.9 Å². The predicted octanol–water partition coefficient (Wildman–Crippen LogP) is 4.76. The summed E-state index contributed by atoms with van der Waals surface area (Å²) in [5, 5.41) is 12.3. The summed E-state index contributed by atoms with van der Waals surface area (Å²) in [5.74, 6) is 0.0680. The molecule has 1 fully saturated rings. The highest BCUT2D eigenvalue weighted by atomic mass is 19.1. The van der Waals surface area contributed by atoms with E-state index in [4.69, 9.17) is 4.74 Å². The van der Waals surface area contributed by atoms with Gasteiger partial charge in [-0.2, -0.15) is 5.26 Å². The summed E-state index contributed by atoms with van der Waals surface area (Å²) in [6.45, 7) is 0.336. The van der Waals surface area contributed by atoms with Crippen molar-refractivity contribution in [1.29, 1.82) is 5.26 Å². The highest BCUT2D eigenvalue weighted by Gasteiger charge is 2.18. The molecule has 5 heteroatoms. The van der Waals surface area contributed by atoms with Gasteiger partial charge in [-0.15, -0.1) is 0 Å². The van der Waals surface area contributed by atoms with Crippen molar-refractivity contribution in [2.24, 2.45) is 0 Å². The molecule has 2 aromatic rings. The molecule has 3 rings (SSSR count). The zero-order valence-corrected chi connectivity index (χ0v) is 15.7. The number of amides is 1. The van der Waals surface area contributed by atoms with Crippen LogP contribution in [0.5, 0.6) is 5.75 Å². The van der Waals surface area contributed by atoms with Crippen molar-refractivity contribution in [3.05, 3.63) is 71.0 Å². The van der Waals surface area contributed by atoms with Crippen LogP contribution < -0.4 is 10.1 Å². The van der Waals surface area contributed by atoms with Crippen LogP contribution in [-0.4, -0.2) is 11.9 Å². The second-order valence-corrected chi connectivity index (χ2v) is 6.96. The fraction of sp³-hybridized carbons (Fsp3) is 0.304. The average Bonchev–Trinajstić information content (AvgIpc) is 2.73. The first-order valence-electron chi connectivity index (χ1n) is 9.54. The lowest BCUT2D eigenvalue weighted by atomic mass is 9.95. The number of hydrogen-bond donors (Lipinski definition) is 1. The van der Waals surface area contributed by atoms with E-state index >= 15 is 0 Å². The van der Waals surface area contributed by atoms with Crippen LogP contribution in [0.4, 0.5) is 4.39 Å². The van der Waals surface area contributed by atoms with Gasteiger partial charge < -0.3 is 10.1 Å². The minimum Gasteiger partial charge on any atom is -0.489 e. The van der Waals surface area contributed by atoms with Gasteiger partial charge in [0.05, 0.1) is 0 Å². The SMILES string of the molecule is N#C/C(=C\c1ccc(OCc2ccc(F)cc2)cc1)C(=O)NC1CCCCC1. The molecule has 0 spiro atoms. The molecule has 1 saturated carbocycles. The zero-order chi connectivity index (χ0) is 19.8. The molecule has 144 valence electrons. The van der Waals surface area contributed by atoms with E-state index in [1.165, 1.54) is 18.6 Å². The molecular weight excluding hydrogens is 355 g/mol. The maximum absolute atomic E-state index is 12.9. The van der Waals surface area contributed by atoms with Gasteiger partial charge in [0.25, 0.3) is 5.91 Å². The van der Waals surface area contributed by atoms with E-state index in [0.717, 1.165) is 36.8 Å². The maximum Gasteiger partial charge on any atom is 0.262 e. The molecule has 0 bridgehead atoms. The Labute approximate surface area is 164 Å². The van der Waals surface area contributed by atoms with Crippen molar-refractivity contribution in [2.45, 2.75) is 44.8 Å². The van der Waals surface area contributed by atoms with Gasteiger partial charge in [0.2, 0.25) is 0 Å². The summed E-state index contributed by atoms with van der Waals surface area (Å²) in [5.41, 5.74) is 1.73. The van der Waals surface area contributed by atoms with Gasteiger partial charge in [0.1, 0.15) is 29.8 Å². The van der Waals surface area contributed by atoms with Gasteiger partial charge >= 0.3 is 0 Å². The third-order valence-corrected chi connectivity index (χ3v) is 4.82. The lowest BCUT2D eigenvalue weighted by Crippen LogP contribution is -2.36. The average molecular weight is 378 g/mol. The van der Waals surface area contributed by atoms with Gasteiger partial charge in [0.15, 0.2) is 0 Å².